The number of pyridine rings is 1. The van der Waals surface area contributed by atoms with Crippen molar-refractivity contribution >= 4 is 0 Å². The van der Waals surface area contributed by atoms with Gasteiger partial charge in [0.2, 0.25) is 0 Å². The molecule has 0 aliphatic rings. The van der Waals surface area contributed by atoms with Gasteiger partial charge in [0.15, 0.2) is 0 Å². The van der Waals surface area contributed by atoms with Crippen LogP contribution in [0.2, 0.25) is 0 Å². The second kappa shape index (κ2) is 4.68. The topological polar surface area (TPSA) is 48.1 Å². The molecule has 4 heteroatoms. The van der Waals surface area contributed by atoms with Crippen molar-refractivity contribution in [3.8, 4) is 0 Å². The number of halogens is 1. The van der Waals surface area contributed by atoms with Crippen molar-refractivity contribution in [2.45, 2.75) is 31.9 Å². The lowest BCUT2D eigenvalue weighted by Gasteiger charge is -2.26. The molecule has 1 atom stereocenters. The maximum Gasteiger partial charge on any atom is 0.141 e. The summed E-state index contributed by atoms with van der Waals surface area (Å²) < 4.78 is 18.2. The van der Waals surface area contributed by atoms with Crippen LogP contribution in [0.15, 0.2) is 18.5 Å². The summed E-state index contributed by atoms with van der Waals surface area (Å²) >= 11 is 0. The van der Waals surface area contributed by atoms with E-state index in [1.54, 1.807) is 13.3 Å². The quantitative estimate of drug-likeness (QED) is 0.830. The van der Waals surface area contributed by atoms with Gasteiger partial charge in [0, 0.05) is 19.3 Å². The third-order valence-electron chi connectivity index (χ3n) is 2.42. The second-order valence-electron chi connectivity index (χ2n) is 4.21. The van der Waals surface area contributed by atoms with Gasteiger partial charge in [-0.05, 0) is 31.9 Å². The maximum absolute atomic E-state index is 12.9. The van der Waals surface area contributed by atoms with Gasteiger partial charge in [-0.25, -0.2) is 4.39 Å². The molecule has 0 bridgehead atoms. The summed E-state index contributed by atoms with van der Waals surface area (Å²) in [4.78, 5) is 3.77. The summed E-state index contributed by atoms with van der Waals surface area (Å²) in [6.07, 6.45) is 3.37. The molecule has 3 nitrogen and oxygen atoms in total. The predicted molar refractivity (Wildman–Crippen MR) is 56.8 cm³/mol. The van der Waals surface area contributed by atoms with Crippen molar-refractivity contribution in [3.05, 3.63) is 29.8 Å². The Labute approximate surface area is 89.5 Å². The first kappa shape index (κ1) is 12.1. The molecule has 0 fully saturated rings. The van der Waals surface area contributed by atoms with E-state index in [0.29, 0.717) is 12.0 Å². The molecule has 0 aliphatic carbocycles. The number of rotatable bonds is 4. The molecular formula is C11H17FN2O. The second-order valence-corrected chi connectivity index (χ2v) is 4.21. The fraction of sp³-hybridized carbons (Fsp3) is 0.545. The monoisotopic (exact) mass is 212 g/mol. The molecule has 2 N–H and O–H groups in total. The number of nitrogens with two attached hydrogens (primary N) is 1. The van der Waals surface area contributed by atoms with Crippen molar-refractivity contribution < 1.29 is 9.13 Å². The number of hydrogen-bond donors (Lipinski definition) is 1. The van der Waals surface area contributed by atoms with Crippen molar-refractivity contribution in [2.75, 3.05) is 7.11 Å². The highest BCUT2D eigenvalue weighted by Gasteiger charge is 2.21. The largest absolute Gasteiger partial charge is 0.379 e. The van der Waals surface area contributed by atoms with Gasteiger partial charge in [-0.1, -0.05) is 0 Å². The van der Waals surface area contributed by atoms with Crippen LogP contribution < -0.4 is 5.73 Å². The highest BCUT2D eigenvalue weighted by molar-refractivity contribution is 5.15. The van der Waals surface area contributed by atoms with Crippen molar-refractivity contribution in [2.24, 2.45) is 5.73 Å². The number of aromatic nitrogens is 1. The molecule has 0 amide bonds. The molecule has 0 aliphatic heterocycles. The van der Waals surface area contributed by atoms with Gasteiger partial charge >= 0.3 is 0 Å². The Morgan fingerprint density at radius 3 is 2.73 bits per heavy atom. The first-order chi connectivity index (χ1) is 6.94. The molecule has 0 radical (unpaired) electrons. The van der Waals surface area contributed by atoms with Crippen LogP contribution in [0.1, 0.15) is 31.9 Å². The van der Waals surface area contributed by atoms with Gasteiger partial charge in [-0.3, -0.25) is 4.98 Å². The summed E-state index contributed by atoms with van der Waals surface area (Å²) in [5.41, 5.74) is 6.32. The van der Waals surface area contributed by atoms with Gasteiger partial charge in [0.05, 0.1) is 11.8 Å². The minimum absolute atomic E-state index is 0.261. The minimum atomic E-state index is -0.363. The molecule has 1 rings (SSSR count). The summed E-state index contributed by atoms with van der Waals surface area (Å²) in [6.45, 7) is 3.89. The van der Waals surface area contributed by atoms with Crippen LogP contribution in [-0.2, 0) is 4.74 Å². The summed E-state index contributed by atoms with van der Waals surface area (Å²) in [6, 6.07) is 1.15. The average molecular weight is 212 g/mol. The lowest BCUT2D eigenvalue weighted by molar-refractivity contribution is 0.00991. The zero-order valence-electron chi connectivity index (χ0n) is 9.33. The first-order valence-electron chi connectivity index (χ1n) is 4.86. The Hall–Kier alpha value is -1.00. The number of ether oxygens (including phenoxy) is 1. The van der Waals surface area contributed by atoms with Crippen molar-refractivity contribution in [1.82, 2.24) is 4.98 Å². The van der Waals surface area contributed by atoms with E-state index in [0.717, 1.165) is 6.20 Å². The Balaban J connectivity index is 2.73. The Bertz CT molecular complexity index is 328. The van der Waals surface area contributed by atoms with Crippen LogP contribution in [-0.4, -0.2) is 17.7 Å². The lowest BCUT2D eigenvalue weighted by atomic mass is 9.95. The standard InChI is InChI=1S/C11H17FN2O/c1-11(2,15-3)5-10(13)8-4-9(12)7-14-6-8/h4,6-7,10H,5,13H2,1-3H3. The van der Waals surface area contributed by atoms with Crippen LogP contribution in [0.4, 0.5) is 4.39 Å². The molecule has 15 heavy (non-hydrogen) atoms. The van der Waals surface area contributed by atoms with Gasteiger partial charge in [-0.15, -0.1) is 0 Å². The normalized spacial score (nSPS) is 13.9. The van der Waals surface area contributed by atoms with E-state index < -0.39 is 0 Å². The van der Waals surface area contributed by atoms with E-state index in [1.165, 1.54) is 6.07 Å². The molecule has 0 aromatic carbocycles. The Kier molecular flexibility index (Phi) is 3.77. The molecule has 1 aromatic heterocycles. The fourth-order valence-corrected chi connectivity index (χ4v) is 1.36. The zero-order chi connectivity index (χ0) is 11.5. The van der Waals surface area contributed by atoms with E-state index in [4.69, 9.17) is 10.5 Å². The summed E-state index contributed by atoms with van der Waals surface area (Å²) in [7, 11) is 1.64. The zero-order valence-corrected chi connectivity index (χ0v) is 9.33. The molecule has 1 aromatic rings. The number of methoxy groups -OCH3 is 1. The number of hydrogen-bond acceptors (Lipinski definition) is 3. The first-order valence-corrected chi connectivity index (χ1v) is 4.86. The third-order valence-corrected chi connectivity index (χ3v) is 2.42. The van der Waals surface area contributed by atoms with E-state index in [2.05, 4.69) is 4.98 Å². The molecule has 0 spiro atoms. The smallest absolute Gasteiger partial charge is 0.141 e. The van der Waals surface area contributed by atoms with Crippen molar-refractivity contribution in [3.63, 3.8) is 0 Å². The molecular weight excluding hydrogens is 195 g/mol. The molecule has 84 valence electrons. The van der Waals surface area contributed by atoms with Crippen LogP contribution in [0.3, 0.4) is 0 Å². The molecule has 0 saturated heterocycles. The van der Waals surface area contributed by atoms with Gasteiger partial charge in [-0.2, -0.15) is 0 Å². The van der Waals surface area contributed by atoms with Crippen LogP contribution in [0.25, 0.3) is 0 Å². The van der Waals surface area contributed by atoms with E-state index in [-0.39, 0.29) is 17.5 Å². The lowest BCUT2D eigenvalue weighted by Crippen LogP contribution is -2.28. The minimum Gasteiger partial charge on any atom is -0.379 e. The Morgan fingerprint density at radius 1 is 1.53 bits per heavy atom. The van der Waals surface area contributed by atoms with Gasteiger partial charge in [0.1, 0.15) is 5.82 Å². The van der Waals surface area contributed by atoms with Gasteiger partial charge in [0.25, 0.3) is 0 Å². The highest BCUT2D eigenvalue weighted by atomic mass is 19.1. The summed E-state index contributed by atoms with van der Waals surface area (Å²) in [5.74, 6) is -0.363. The van der Waals surface area contributed by atoms with Crippen LogP contribution in [0, 0.1) is 5.82 Å². The molecule has 0 saturated carbocycles. The Morgan fingerprint density at radius 2 is 2.20 bits per heavy atom. The third kappa shape index (κ3) is 3.57. The predicted octanol–water partition coefficient (Wildman–Crippen LogP) is 2.04. The van der Waals surface area contributed by atoms with Crippen molar-refractivity contribution in [1.29, 1.82) is 0 Å². The molecule has 1 unspecified atom stereocenters. The van der Waals surface area contributed by atoms with E-state index >= 15 is 0 Å². The maximum atomic E-state index is 12.9. The summed E-state index contributed by atoms with van der Waals surface area (Å²) in [5, 5.41) is 0. The number of nitrogens with zero attached hydrogens (tertiary/aromatic N) is 1. The SMILES string of the molecule is COC(C)(C)CC(N)c1cncc(F)c1. The van der Waals surface area contributed by atoms with E-state index in [1.807, 2.05) is 13.8 Å². The molecule has 1 heterocycles. The highest BCUT2D eigenvalue weighted by Crippen LogP contribution is 2.23. The average Bonchev–Trinajstić information content (AvgIpc) is 2.17. The van der Waals surface area contributed by atoms with Crippen LogP contribution >= 0.6 is 0 Å². The van der Waals surface area contributed by atoms with Gasteiger partial charge < -0.3 is 10.5 Å². The van der Waals surface area contributed by atoms with E-state index in [9.17, 15) is 4.39 Å². The fourth-order valence-electron chi connectivity index (χ4n) is 1.36. The van der Waals surface area contributed by atoms with Crippen LogP contribution in [0.5, 0.6) is 0 Å².